The quantitative estimate of drug-likeness (QED) is 0.750. The largest absolute Gasteiger partial charge is 0.392 e. The van der Waals surface area contributed by atoms with Gasteiger partial charge >= 0.3 is 0 Å². The van der Waals surface area contributed by atoms with Gasteiger partial charge in [-0.05, 0) is 6.92 Å². The molecule has 0 aliphatic heterocycles. The van der Waals surface area contributed by atoms with Gasteiger partial charge < -0.3 is 14.7 Å². The van der Waals surface area contributed by atoms with Crippen LogP contribution in [0.25, 0.3) is 11.6 Å². The number of nitrogens with one attached hydrogen (secondary N) is 1. The van der Waals surface area contributed by atoms with Gasteiger partial charge in [0.2, 0.25) is 0 Å². The van der Waals surface area contributed by atoms with Gasteiger partial charge in [0, 0.05) is 31.3 Å². The van der Waals surface area contributed by atoms with Gasteiger partial charge in [-0.25, -0.2) is 9.97 Å². The molecule has 74 valence electrons. The molecule has 0 bridgehead atoms. The van der Waals surface area contributed by atoms with E-state index in [9.17, 15) is 5.11 Å². The van der Waals surface area contributed by atoms with Crippen LogP contribution in [0.4, 0.5) is 0 Å². The monoisotopic (exact) mass is 192 g/mol. The number of rotatable bonds is 3. The molecule has 0 aliphatic carbocycles. The number of aromatic amines is 1. The van der Waals surface area contributed by atoms with Crippen LogP contribution in [-0.2, 0) is 6.54 Å². The minimum Gasteiger partial charge on any atom is -0.392 e. The van der Waals surface area contributed by atoms with Crippen molar-refractivity contribution >= 4 is 0 Å². The molecule has 0 amide bonds. The van der Waals surface area contributed by atoms with E-state index in [-0.39, 0.29) is 0 Å². The summed E-state index contributed by atoms with van der Waals surface area (Å²) >= 11 is 0. The predicted octanol–water partition coefficient (Wildman–Crippen LogP) is 0.654. The van der Waals surface area contributed by atoms with E-state index in [2.05, 4.69) is 15.0 Å². The second kappa shape index (κ2) is 3.63. The summed E-state index contributed by atoms with van der Waals surface area (Å²) in [6.07, 6.45) is 6.55. The molecule has 2 N–H and O–H groups in total. The molecular weight excluding hydrogens is 180 g/mol. The van der Waals surface area contributed by atoms with Crippen LogP contribution in [0, 0.1) is 0 Å². The molecule has 0 fully saturated rings. The van der Waals surface area contributed by atoms with Crippen molar-refractivity contribution < 1.29 is 5.11 Å². The maximum Gasteiger partial charge on any atom is 0.176 e. The van der Waals surface area contributed by atoms with Gasteiger partial charge in [0.05, 0.1) is 6.10 Å². The molecule has 2 rings (SSSR count). The van der Waals surface area contributed by atoms with Crippen molar-refractivity contribution in [3.8, 4) is 11.6 Å². The Labute approximate surface area is 81.4 Å². The van der Waals surface area contributed by atoms with E-state index in [4.69, 9.17) is 0 Å². The summed E-state index contributed by atoms with van der Waals surface area (Å²) < 4.78 is 1.86. The van der Waals surface area contributed by atoms with Crippen LogP contribution < -0.4 is 0 Å². The van der Waals surface area contributed by atoms with Crippen LogP contribution in [0.2, 0.25) is 0 Å². The highest BCUT2D eigenvalue weighted by Gasteiger charge is 2.08. The molecule has 0 aliphatic rings. The van der Waals surface area contributed by atoms with Crippen LogP contribution in [0.5, 0.6) is 0 Å². The number of aromatic nitrogens is 4. The predicted molar refractivity (Wildman–Crippen MR) is 51.5 cm³/mol. The van der Waals surface area contributed by atoms with Crippen molar-refractivity contribution in [1.29, 1.82) is 0 Å². The molecule has 14 heavy (non-hydrogen) atoms. The summed E-state index contributed by atoms with van der Waals surface area (Å²) in [5.41, 5.74) is 0. The zero-order valence-electron chi connectivity index (χ0n) is 7.88. The van der Waals surface area contributed by atoms with Gasteiger partial charge in [0.1, 0.15) is 0 Å². The highest BCUT2D eigenvalue weighted by atomic mass is 16.3. The third-order valence-corrected chi connectivity index (χ3v) is 1.89. The summed E-state index contributed by atoms with van der Waals surface area (Å²) in [7, 11) is 0. The molecule has 2 heterocycles. The number of hydrogen-bond donors (Lipinski definition) is 2. The molecule has 5 nitrogen and oxygen atoms in total. The fourth-order valence-corrected chi connectivity index (χ4v) is 1.35. The summed E-state index contributed by atoms with van der Waals surface area (Å²) in [5.74, 6) is 1.46. The molecule has 0 spiro atoms. The first-order valence-electron chi connectivity index (χ1n) is 4.46. The van der Waals surface area contributed by atoms with Crippen molar-refractivity contribution in [1.82, 2.24) is 19.5 Å². The lowest BCUT2D eigenvalue weighted by Crippen LogP contribution is -2.12. The Hall–Kier alpha value is -1.62. The van der Waals surface area contributed by atoms with Gasteiger partial charge in [0.25, 0.3) is 0 Å². The van der Waals surface area contributed by atoms with E-state index in [1.807, 2.05) is 10.8 Å². The Kier molecular flexibility index (Phi) is 2.32. The Balaban J connectivity index is 2.30. The number of hydrogen-bond acceptors (Lipinski definition) is 3. The number of aliphatic hydroxyl groups excluding tert-OH is 1. The van der Waals surface area contributed by atoms with E-state index in [0.717, 1.165) is 11.6 Å². The average Bonchev–Trinajstić information content (AvgIpc) is 2.70. The van der Waals surface area contributed by atoms with Gasteiger partial charge in [-0.2, -0.15) is 0 Å². The minimum absolute atomic E-state index is 0.391. The van der Waals surface area contributed by atoms with Crippen molar-refractivity contribution in [2.24, 2.45) is 0 Å². The number of imidazole rings is 2. The first kappa shape index (κ1) is 8.96. The lowest BCUT2D eigenvalue weighted by molar-refractivity contribution is 0.174. The highest BCUT2D eigenvalue weighted by molar-refractivity contribution is 5.43. The smallest absolute Gasteiger partial charge is 0.176 e. The number of H-pyrrole nitrogens is 1. The minimum atomic E-state index is -0.391. The van der Waals surface area contributed by atoms with E-state index in [1.165, 1.54) is 0 Å². The van der Waals surface area contributed by atoms with E-state index in [1.54, 1.807) is 25.5 Å². The van der Waals surface area contributed by atoms with Crippen LogP contribution in [0.3, 0.4) is 0 Å². The van der Waals surface area contributed by atoms with Gasteiger partial charge in [-0.3, -0.25) is 0 Å². The third kappa shape index (κ3) is 1.67. The van der Waals surface area contributed by atoms with Crippen LogP contribution in [0.1, 0.15) is 6.92 Å². The van der Waals surface area contributed by atoms with Crippen LogP contribution in [0.15, 0.2) is 24.8 Å². The Morgan fingerprint density at radius 1 is 1.50 bits per heavy atom. The zero-order valence-corrected chi connectivity index (χ0v) is 7.88. The molecular formula is C9H12N4O. The molecule has 5 heteroatoms. The Morgan fingerprint density at radius 2 is 2.36 bits per heavy atom. The molecule has 0 saturated carbocycles. The zero-order chi connectivity index (χ0) is 9.97. The lowest BCUT2D eigenvalue weighted by atomic mass is 10.4. The first-order valence-corrected chi connectivity index (χ1v) is 4.46. The van der Waals surface area contributed by atoms with Crippen molar-refractivity contribution in [2.45, 2.75) is 19.6 Å². The molecule has 1 atom stereocenters. The van der Waals surface area contributed by atoms with Gasteiger partial charge in [-0.1, -0.05) is 0 Å². The van der Waals surface area contributed by atoms with Crippen molar-refractivity contribution in [2.75, 3.05) is 0 Å². The fourth-order valence-electron chi connectivity index (χ4n) is 1.35. The molecule has 0 radical (unpaired) electrons. The SMILES string of the molecule is C[C@H](O)Cn1ccnc1-c1ncc[nH]1. The Morgan fingerprint density at radius 3 is 3.00 bits per heavy atom. The van der Waals surface area contributed by atoms with Crippen molar-refractivity contribution in [3.63, 3.8) is 0 Å². The average molecular weight is 192 g/mol. The van der Waals surface area contributed by atoms with E-state index in [0.29, 0.717) is 6.54 Å². The number of aliphatic hydroxyl groups is 1. The topological polar surface area (TPSA) is 66.7 Å². The van der Waals surface area contributed by atoms with Crippen LogP contribution in [-0.4, -0.2) is 30.7 Å². The lowest BCUT2D eigenvalue weighted by Gasteiger charge is -2.07. The summed E-state index contributed by atoms with van der Waals surface area (Å²) in [6.45, 7) is 2.27. The van der Waals surface area contributed by atoms with Gasteiger partial charge in [0.15, 0.2) is 11.6 Å². The van der Waals surface area contributed by atoms with Crippen molar-refractivity contribution in [3.05, 3.63) is 24.8 Å². The summed E-state index contributed by atoms with van der Waals surface area (Å²) in [6, 6.07) is 0. The summed E-state index contributed by atoms with van der Waals surface area (Å²) in [4.78, 5) is 11.3. The second-order valence-corrected chi connectivity index (χ2v) is 3.19. The standard InChI is InChI=1S/C9H12N4O/c1-7(14)6-13-5-4-12-9(13)8-10-2-3-11-8/h2-5,7,14H,6H2,1H3,(H,10,11)/t7-/m0/s1. The van der Waals surface area contributed by atoms with Gasteiger partial charge in [-0.15, -0.1) is 0 Å². The molecule has 0 aromatic carbocycles. The number of nitrogens with zero attached hydrogens (tertiary/aromatic N) is 3. The first-order chi connectivity index (χ1) is 6.77. The summed E-state index contributed by atoms with van der Waals surface area (Å²) in [5, 5.41) is 9.27. The van der Waals surface area contributed by atoms with Crippen LogP contribution >= 0.6 is 0 Å². The second-order valence-electron chi connectivity index (χ2n) is 3.19. The molecule has 0 saturated heterocycles. The highest BCUT2D eigenvalue weighted by Crippen LogP contribution is 2.11. The normalized spacial score (nSPS) is 13.0. The molecule has 2 aromatic rings. The van der Waals surface area contributed by atoms with E-state index < -0.39 is 6.10 Å². The molecule has 0 unspecified atom stereocenters. The maximum atomic E-state index is 9.27. The maximum absolute atomic E-state index is 9.27. The molecule has 2 aromatic heterocycles. The fraction of sp³-hybridized carbons (Fsp3) is 0.333. The van der Waals surface area contributed by atoms with E-state index >= 15 is 0 Å². The third-order valence-electron chi connectivity index (χ3n) is 1.89. The Bertz CT molecular complexity index is 391.